The van der Waals surface area contributed by atoms with Gasteiger partial charge in [-0.3, -0.25) is 14.4 Å². The zero-order valence-corrected chi connectivity index (χ0v) is 14.5. The summed E-state index contributed by atoms with van der Waals surface area (Å²) < 4.78 is 7.04. The quantitative estimate of drug-likeness (QED) is 0.840. The fourth-order valence-corrected chi connectivity index (χ4v) is 2.77. The fraction of sp³-hybridized carbons (Fsp3) is 0.688. The minimum Gasteiger partial charge on any atom is -0.455 e. The molecule has 1 fully saturated rings. The average molecular weight is 322 g/mol. The van der Waals surface area contributed by atoms with Crippen molar-refractivity contribution in [2.24, 2.45) is 7.05 Å². The molecule has 0 bridgehead atoms. The highest BCUT2D eigenvalue weighted by Crippen LogP contribution is 2.18. The lowest BCUT2D eigenvalue weighted by Crippen LogP contribution is -2.54. The van der Waals surface area contributed by atoms with Crippen LogP contribution in [0.25, 0.3) is 0 Å². The second kappa shape index (κ2) is 6.70. The SMILES string of the molecule is CCC1C(=O)NCCN1Cc1cn(C)nc1C(=O)OC(C)(C)C. The van der Waals surface area contributed by atoms with Crippen LogP contribution in [0, 0.1) is 0 Å². The van der Waals surface area contributed by atoms with E-state index in [4.69, 9.17) is 4.74 Å². The molecular formula is C16H26N4O3. The number of amides is 1. The lowest BCUT2D eigenvalue weighted by atomic mass is 10.1. The van der Waals surface area contributed by atoms with E-state index in [1.165, 1.54) is 0 Å². The molecule has 1 aliphatic heterocycles. The van der Waals surface area contributed by atoms with Crippen LogP contribution in [-0.2, 0) is 23.1 Å². The Hall–Kier alpha value is -1.89. The number of rotatable bonds is 4. The first-order chi connectivity index (χ1) is 10.7. The lowest BCUT2D eigenvalue weighted by Gasteiger charge is -2.34. The van der Waals surface area contributed by atoms with Gasteiger partial charge < -0.3 is 10.1 Å². The van der Waals surface area contributed by atoms with E-state index in [1.54, 1.807) is 11.7 Å². The highest BCUT2D eigenvalue weighted by atomic mass is 16.6. The second-order valence-corrected chi connectivity index (χ2v) is 6.86. The third-order valence-electron chi connectivity index (χ3n) is 3.70. The summed E-state index contributed by atoms with van der Waals surface area (Å²) in [5.41, 5.74) is 0.543. The summed E-state index contributed by atoms with van der Waals surface area (Å²) in [5.74, 6) is -0.385. The summed E-state index contributed by atoms with van der Waals surface area (Å²) in [5, 5.41) is 7.12. The van der Waals surface area contributed by atoms with E-state index in [2.05, 4.69) is 15.3 Å². The van der Waals surface area contributed by atoms with Crippen LogP contribution in [0.1, 0.15) is 50.2 Å². The Labute approximate surface area is 137 Å². The highest BCUT2D eigenvalue weighted by Gasteiger charge is 2.30. The molecule has 0 aliphatic carbocycles. The van der Waals surface area contributed by atoms with Crippen LogP contribution in [0.15, 0.2) is 6.20 Å². The number of aromatic nitrogens is 2. The van der Waals surface area contributed by atoms with Crippen LogP contribution in [0.3, 0.4) is 0 Å². The maximum atomic E-state index is 12.4. The van der Waals surface area contributed by atoms with Gasteiger partial charge in [-0.25, -0.2) is 4.79 Å². The molecule has 1 aromatic rings. The first-order valence-corrected chi connectivity index (χ1v) is 7.99. The predicted octanol–water partition coefficient (Wildman–Crippen LogP) is 1.09. The largest absolute Gasteiger partial charge is 0.455 e. The number of nitrogens with one attached hydrogen (secondary N) is 1. The highest BCUT2D eigenvalue weighted by molar-refractivity contribution is 5.89. The van der Waals surface area contributed by atoms with Crippen LogP contribution in [0.4, 0.5) is 0 Å². The smallest absolute Gasteiger partial charge is 0.359 e. The first-order valence-electron chi connectivity index (χ1n) is 7.99. The fourth-order valence-electron chi connectivity index (χ4n) is 2.77. The van der Waals surface area contributed by atoms with Crippen molar-refractivity contribution in [3.05, 3.63) is 17.5 Å². The molecule has 0 saturated carbocycles. The number of esters is 1. The van der Waals surface area contributed by atoms with E-state index in [0.717, 1.165) is 18.5 Å². The van der Waals surface area contributed by atoms with Crippen molar-refractivity contribution < 1.29 is 14.3 Å². The normalized spacial score (nSPS) is 19.5. The number of ether oxygens (including phenoxy) is 1. The molecule has 128 valence electrons. The molecule has 1 saturated heterocycles. The number of carbonyl (C=O) groups is 2. The Bertz CT molecular complexity index is 589. The van der Waals surface area contributed by atoms with Crippen LogP contribution in [-0.4, -0.2) is 51.3 Å². The van der Waals surface area contributed by atoms with Gasteiger partial charge in [0.25, 0.3) is 0 Å². The van der Waals surface area contributed by atoms with Gasteiger partial charge in [0.1, 0.15) is 5.60 Å². The molecule has 2 rings (SSSR count). The van der Waals surface area contributed by atoms with Crippen molar-refractivity contribution in [1.29, 1.82) is 0 Å². The van der Waals surface area contributed by atoms with Crippen molar-refractivity contribution in [3.63, 3.8) is 0 Å². The number of carbonyl (C=O) groups excluding carboxylic acids is 2. The zero-order valence-electron chi connectivity index (χ0n) is 14.5. The summed E-state index contributed by atoms with van der Waals surface area (Å²) in [7, 11) is 1.78. The summed E-state index contributed by atoms with van der Waals surface area (Å²) in [4.78, 5) is 26.4. The second-order valence-electron chi connectivity index (χ2n) is 6.86. The third kappa shape index (κ3) is 4.31. The summed E-state index contributed by atoms with van der Waals surface area (Å²) in [6.07, 6.45) is 2.55. The van der Waals surface area contributed by atoms with E-state index >= 15 is 0 Å². The van der Waals surface area contributed by atoms with E-state index in [-0.39, 0.29) is 11.9 Å². The van der Waals surface area contributed by atoms with Crippen molar-refractivity contribution in [3.8, 4) is 0 Å². The number of hydrogen-bond donors (Lipinski definition) is 1. The van der Waals surface area contributed by atoms with Gasteiger partial charge in [0.05, 0.1) is 6.04 Å². The Morgan fingerprint density at radius 1 is 1.48 bits per heavy atom. The monoisotopic (exact) mass is 322 g/mol. The van der Waals surface area contributed by atoms with E-state index in [1.807, 2.05) is 33.9 Å². The summed E-state index contributed by atoms with van der Waals surface area (Å²) >= 11 is 0. The minimum atomic E-state index is -0.567. The molecule has 1 aromatic heterocycles. The first kappa shape index (κ1) is 17.5. The number of nitrogens with zero attached hydrogens (tertiary/aromatic N) is 3. The number of piperazine rings is 1. The van der Waals surface area contributed by atoms with E-state index in [0.29, 0.717) is 18.8 Å². The maximum absolute atomic E-state index is 12.4. The van der Waals surface area contributed by atoms with Gasteiger partial charge in [-0.05, 0) is 27.2 Å². The Morgan fingerprint density at radius 3 is 2.78 bits per heavy atom. The van der Waals surface area contributed by atoms with Gasteiger partial charge in [-0.1, -0.05) is 6.92 Å². The van der Waals surface area contributed by atoms with Crippen LogP contribution in [0.2, 0.25) is 0 Å². The van der Waals surface area contributed by atoms with Crippen molar-refractivity contribution in [1.82, 2.24) is 20.0 Å². The average Bonchev–Trinajstić information content (AvgIpc) is 2.78. The van der Waals surface area contributed by atoms with E-state index < -0.39 is 11.6 Å². The van der Waals surface area contributed by atoms with Gasteiger partial charge >= 0.3 is 5.97 Å². The van der Waals surface area contributed by atoms with Gasteiger partial charge in [0.2, 0.25) is 5.91 Å². The number of aryl methyl sites for hydroxylation is 1. The van der Waals surface area contributed by atoms with Gasteiger partial charge in [0, 0.05) is 38.4 Å². The molecule has 23 heavy (non-hydrogen) atoms. The third-order valence-corrected chi connectivity index (χ3v) is 3.70. The van der Waals surface area contributed by atoms with Crippen molar-refractivity contribution in [2.45, 2.75) is 52.3 Å². The summed E-state index contributed by atoms with van der Waals surface area (Å²) in [6, 6.07) is -0.171. The Balaban J connectivity index is 2.20. The molecule has 1 amide bonds. The predicted molar refractivity (Wildman–Crippen MR) is 85.9 cm³/mol. The van der Waals surface area contributed by atoms with Crippen LogP contribution >= 0.6 is 0 Å². The molecule has 7 nitrogen and oxygen atoms in total. The van der Waals surface area contributed by atoms with Gasteiger partial charge in [-0.15, -0.1) is 0 Å². The molecule has 1 atom stereocenters. The van der Waals surface area contributed by atoms with E-state index in [9.17, 15) is 9.59 Å². The number of hydrogen-bond acceptors (Lipinski definition) is 5. The topological polar surface area (TPSA) is 76.5 Å². The lowest BCUT2D eigenvalue weighted by molar-refractivity contribution is -0.129. The molecule has 0 aromatic carbocycles. The van der Waals surface area contributed by atoms with Gasteiger partial charge in [-0.2, -0.15) is 5.10 Å². The Morgan fingerprint density at radius 2 is 2.17 bits per heavy atom. The Kier molecular flexibility index (Phi) is 5.09. The molecule has 0 radical (unpaired) electrons. The molecule has 2 heterocycles. The molecule has 0 spiro atoms. The molecule has 7 heteroatoms. The standard InChI is InChI=1S/C16H26N4O3/c1-6-12-14(21)17-7-8-20(12)10-11-9-19(5)18-13(11)15(22)23-16(2,3)4/h9,12H,6-8,10H2,1-5H3,(H,17,21). The molecule has 1 aliphatic rings. The van der Waals surface area contributed by atoms with Gasteiger partial charge in [0.15, 0.2) is 5.69 Å². The van der Waals surface area contributed by atoms with Crippen molar-refractivity contribution in [2.75, 3.05) is 13.1 Å². The van der Waals surface area contributed by atoms with Crippen molar-refractivity contribution >= 4 is 11.9 Å². The molecule has 1 unspecified atom stereocenters. The molecular weight excluding hydrogens is 296 g/mol. The van der Waals surface area contributed by atoms with Crippen LogP contribution < -0.4 is 5.32 Å². The minimum absolute atomic E-state index is 0.0430. The molecule has 1 N–H and O–H groups in total. The summed E-state index contributed by atoms with van der Waals surface area (Å²) in [6.45, 7) is 9.36. The maximum Gasteiger partial charge on any atom is 0.359 e. The van der Waals surface area contributed by atoms with Crippen LogP contribution in [0.5, 0.6) is 0 Å². The zero-order chi connectivity index (χ0) is 17.2.